The van der Waals surface area contributed by atoms with Gasteiger partial charge < -0.3 is 19.5 Å². The van der Waals surface area contributed by atoms with Gasteiger partial charge in [-0.15, -0.1) is 0 Å². The highest BCUT2D eigenvalue weighted by molar-refractivity contribution is 6.00. The number of carbonyl (C=O) groups is 2. The van der Waals surface area contributed by atoms with Crippen LogP contribution in [0.15, 0.2) is 23.0 Å². The summed E-state index contributed by atoms with van der Waals surface area (Å²) in [6.07, 6.45) is 1.16. The third-order valence-electron chi connectivity index (χ3n) is 5.74. The van der Waals surface area contributed by atoms with Crippen LogP contribution in [0.2, 0.25) is 0 Å². The fraction of sp³-hybridized carbons (Fsp3) is 0.381. The molecular formula is C21H23F2N3O4. The Balaban J connectivity index is 0.00000272. The van der Waals surface area contributed by atoms with Crippen molar-refractivity contribution in [2.24, 2.45) is 0 Å². The lowest BCUT2D eigenvalue weighted by Crippen LogP contribution is -2.44. The quantitative estimate of drug-likeness (QED) is 0.806. The van der Waals surface area contributed by atoms with E-state index in [2.05, 4.69) is 5.32 Å². The van der Waals surface area contributed by atoms with Crippen molar-refractivity contribution in [3.8, 4) is 5.75 Å². The summed E-state index contributed by atoms with van der Waals surface area (Å²) < 4.78 is 34.0. The monoisotopic (exact) mass is 419 g/mol. The predicted molar refractivity (Wildman–Crippen MR) is 106 cm³/mol. The molecule has 1 aromatic carbocycles. The maximum atomic E-state index is 13.9. The van der Waals surface area contributed by atoms with E-state index in [1.165, 1.54) is 13.2 Å². The third-order valence-corrected chi connectivity index (χ3v) is 5.74. The number of likely N-dealkylation sites (N-methyl/N-ethyl adjacent to an activating group) is 1. The molecule has 1 N–H and O–H groups in total. The summed E-state index contributed by atoms with van der Waals surface area (Å²) >= 11 is 0. The third kappa shape index (κ3) is 3.05. The van der Waals surface area contributed by atoms with Crippen molar-refractivity contribution in [2.45, 2.75) is 32.4 Å². The molecule has 0 aliphatic carbocycles. The number of amides is 2. The standard InChI is InChI=1S/C21H21F2N3O4.H2/c1-3-25-10-13-6-7-15-16(18(27)19(30-2)17(21(25)29)26(13)15)20(28)24-9-11-4-5-12(22)8-14(11)23;/h4-5,8,13H,3,6-7,9-10H2,1-2H3,(H,24,28);1H/t13-;/m1./s1. The average Bonchev–Trinajstić information content (AvgIpc) is 3.13. The number of rotatable bonds is 5. The molecule has 0 spiro atoms. The zero-order valence-electron chi connectivity index (χ0n) is 16.6. The second kappa shape index (κ2) is 7.55. The van der Waals surface area contributed by atoms with E-state index in [4.69, 9.17) is 4.74 Å². The molecule has 30 heavy (non-hydrogen) atoms. The van der Waals surface area contributed by atoms with Gasteiger partial charge in [-0.2, -0.15) is 0 Å². The molecule has 2 aliphatic heterocycles. The summed E-state index contributed by atoms with van der Waals surface area (Å²) in [4.78, 5) is 40.5. The second-order valence-electron chi connectivity index (χ2n) is 7.36. The van der Waals surface area contributed by atoms with Crippen molar-refractivity contribution >= 4 is 11.8 Å². The number of nitrogens with one attached hydrogen (secondary N) is 1. The molecule has 0 fully saturated rings. The molecule has 2 aliphatic rings. The van der Waals surface area contributed by atoms with Gasteiger partial charge in [-0.3, -0.25) is 14.4 Å². The van der Waals surface area contributed by atoms with Gasteiger partial charge >= 0.3 is 0 Å². The van der Waals surface area contributed by atoms with E-state index in [0.29, 0.717) is 31.6 Å². The van der Waals surface area contributed by atoms with Crippen LogP contribution in [0.5, 0.6) is 5.75 Å². The lowest BCUT2D eigenvalue weighted by atomic mass is 10.1. The van der Waals surface area contributed by atoms with E-state index >= 15 is 0 Å². The highest BCUT2D eigenvalue weighted by atomic mass is 19.1. The fourth-order valence-electron chi connectivity index (χ4n) is 4.28. The number of carbonyl (C=O) groups excluding carboxylic acids is 2. The highest BCUT2D eigenvalue weighted by Gasteiger charge is 2.41. The van der Waals surface area contributed by atoms with Gasteiger partial charge in [0.25, 0.3) is 11.8 Å². The summed E-state index contributed by atoms with van der Waals surface area (Å²) in [5.74, 6) is -2.65. The largest absolute Gasteiger partial charge is 0.491 e. The smallest absolute Gasteiger partial charge is 0.274 e. The van der Waals surface area contributed by atoms with Gasteiger partial charge in [0.05, 0.1) is 13.2 Å². The molecule has 0 unspecified atom stereocenters. The first-order valence-corrected chi connectivity index (χ1v) is 9.74. The topological polar surface area (TPSA) is 80.6 Å². The van der Waals surface area contributed by atoms with Crippen LogP contribution < -0.4 is 15.5 Å². The van der Waals surface area contributed by atoms with Gasteiger partial charge in [0.15, 0.2) is 11.4 Å². The number of ether oxygens (including phenoxy) is 1. The minimum Gasteiger partial charge on any atom is -0.491 e. The number of aromatic nitrogens is 1. The Morgan fingerprint density at radius 3 is 2.77 bits per heavy atom. The van der Waals surface area contributed by atoms with Gasteiger partial charge in [-0.25, -0.2) is 8.78 Å². The minimum atomic E-state index is -0.787. The first kappa shape index (κ1) is 20.1. The van der Waals surface area contributed by atoms with Gasteiger partial charge in [-0.05, 0) is 25.8 Å². The van der Waals surface area contributed by atoms with Crippen molar-refractivity contribution in [1.29, 1.82) is 0 Å². The van der Waals surface area contributed by atoms with E-state index in [1.807, 2.05) is 6.92 Å². The number of nitrogens with zero attached hydrogens (tertiary/aromatic N) is 2. The van der Waals surface area contributed by atoms with Crippen LogP contribution in [-0.2, 0) is 13.0 Å². The Bertz CT molecular complexity index is 1120. The zero-order valence-corrected chi connectivity index (χ0v) is 16.6. The van der Waals surface area contributed by atoms with Gasteiger partial charge in [-0.1, -0.05) is 6.07 Å². The minimum absolute atomic E-state index is 0. The fourth-order valence-corrected chi connectivity index (χ4v) is 4.28. The Hall–Kier alpha value is -3.23. The zero-order chi connectivity index (χ0) is 21.6. The molecule has 9 heteroatoms. The van der Waals surface area contributed by atoms with E-state index in [9.17, 15) is 23.2 Å². The molecule has 1 aromatic heterocycles. The number of hydrogen-bond acceptors (Lipinski definition) is 4. The molecule has 160 valence electrons. The van der Waals surface area contributed by atoms with Gasteiger partial charge in [0.1, 0.15) is 17.2 Å². The molecule has 3 heterocycles. The van der Waals surface area contributed by atoms with Gasteiger partial charge in [0.2, 0.25) is 5.43 Å². The molecular weight excluding hydrogens is 396 g/mol. The molecule has 0 saturated carbocycles. The Kier molecular flexibility index (Phi) is 5.05. The normalized spacial score (nSPS) is 17.1. The van der Waals surface area contributed by atoms with E-state index < -0.39 is 23.0 Å². The summed E-state index contributed by atoms with van der Waals surface area (Å²) in [5.41, 5.74) is -0.00444. The molecule has 7 nitrogen and oxygen atoms in total. The van der Waals surface area contributed by atoms with Crippen LogP contribution >= 0.6 is 0 Å². The molecule has 4 rings (SSSR count). The number of benzene rings is 1. The molecule has 2 aromatic rings. The van der Waals surface area contributed by atoms with Crippen molar-refractivity contribution in [3.05, 3.63) is 62.6 Å². The molecule has 0 saturated heterocycles. The Labute approximate surface area is 172 Å². The van der Waals surface area contributed by atoms with E-state index in [0.717, 1.165) is 12.1 Å². The van der Waals surface area contributed by atoms with Crippen molar-refractivity contribution in [2.75, 3.05) is 20.2 Å². The molecule has 1 atom stereocenters. The average molecular weight is 419 g/mol. The predicted octanol–water partition coefficient (Wildman–Crippen LogP) is 2.27. The van der Waals surface area contributed by atoms with Crippen LogP contribution in [0.3, 0.4) is 0 Å². The van der Waals surface area contributed by atoms with Crippen molar-refractivity contribution in [3.63, 3.8) is 0 Å². The molecule has 0 bridgehead atoms. The molecule has 2 amide bonds. The van der Waals surface area contributed by atoms with E-state index in [-0.39, 0.29) is 42.5 Å². The highest BCUT2D eigenvalue weighted by Crippen LogP contribution is 2.37. The summed E-state index contributed by atoms with van der Waals surface area (Å²) in [6.45, 7) is 2.67. The van der Waals surface area contributed by atoms with Gasteiger partial charge in [0, 0.05) is 38.4 Å². The van der Waals surface area contributed by atoms with Crippen molar-refractivity contribution < 1.29 is 24.5 Å². The second-order valence-corrected chi connectivity index (χ2v) is 7.36. The molecule has 0 radical (unpaired) electrons. The SMILES string of the molecule is CCN1C[C@H]2CCc3c(C(=O)NCc4ccc(F)cc4F)c(=O)c(OC)c(n32)C1=O.[HH]. The van der Waals surface area contributed by atoms with E-state index in [1.54, 1.807) is 9.47 Å². The van der Waals surface area contributed by atoms with Crippen LogP contribution in [0.4, 0.5) is 8.78 Å². The summed E-state index contributed by atoms with van der Waals surface area (Å²) in [5, 5.41) is 2.53. The Morgan fingerprint density at radius 1 is 1.33 bits per heavy atom. The lowest BCUT2D eigenvalue weighted by Gasteiger charge is -2.34. The Morgan fingerprint density at radius 2 is 2.10 bits per heavy atom. The maximum absolute atomic E-state index is 13.9. The number of halogens is 2. The number of methoxy groups -OCH3 is 1. The van der Waals surface area contributed by atoms with Crippen LogP contribution in [0.25, 0.3) is 0 Å². The van der Waals surface area contributed by atoms with Crippen LogP contribution in [0.1, 0.15) is 52.9 Å². The van der Waals surface area contributed by atoms with Crippen LogP contribution in [-0.4, -0.2) is 41.5 Å². The lowest BCUT2D eigenvalue weighted by molar-refractivity contribution is 0.0675. The maximum Gasteiger partial charge on any atom is 0.274 e. The first-order valence-electron chi connectivity index (χ1n) is 9.74. The number of hydrogen-bond donors (Lipinski definition) is 1. The first-order chi connectivity index (χ1) is 14.4. The number of pyridine rings is 1. The summed E-state index contributed by atoms with van der Waals surface area (Å²) in [6, 6.07) is 3.02. The summed E-state index contributed by atoms with van der Waals surface area (Å²) in [7, 11) is 1.29. The van der Waals surface area contributed by atoms with Crippen molar-refractivity contribution in [1.82, 2.24) is 14.8 Å². The van der Waals surface area contributed by atoms with Crippen LogP contribution in [0, 0.1) is 11.6 Å².